The summed E-state index contributed by atoms with van der Waals surface area (Å²) in [5.41, 5.74) is 0. The highest BCUT2D eigenvalue weighted by Gasteiger charge is 2.33. The number of pyridine rings is 1. The van der Waals surface area contributed by atoms with Gasteiger partial charge in [0.25, 0.3) is 0 Å². The van der Waals surface area contributed by atoms with Crippen LogP contribution < -0.4 is 10.2 Å². The zero-order chi connectivity index (χ0) is 14.7. The van der Waals surface area contributed by atoms with Gasteiger partial charge in [-0.05, 0) is 19.1 Å². The van der Waals surface area contributed by atoms with E-state index in [4.69, 9.17) is 4.74 Å². The van der Waals surface area contributed by atoms with Crippen LogP contribution in [0.2, 0.25) is 0 Å². The molecule has 0 spiro atoms. The number of aromatic nitrogens is 1. The fourth-order valence-corrected chi connectivity index (χ4v) is 2.90. The standard InChI is InChI=1S/C15H22N4O2/c1-12-14(17-6-11-21-12)15(20)19-9-7-18(8-10-19)13-4-2-3-5-16-13/h2-5,12,14,17H,6-11H2,1H3/t12-,14+/m1/s1. The molecule has 1 aromatic rings. The number of nitrogens with zero attached hydrogens (tertiary/aromatic N) is 3. The molecule has 2 fully saturated rings. The van der Waals surface area contributed by atoms with Crippen molar-refractivity contribution in [1.82, 2.24) is 15.2 Å². The maximum Gasteiger partial charge on any atom is 0.242 e. The molecule has 1 aromatic heterocycles. The number of hydrogen-bond acceptors (Lipinski definition) is 5. The van der Waals surface area contributed by atoms with Crippen molar-refractivity contribution in [2.45, 2.75) is 19.1 Å². The SMILES string of the molecule is C[C@H]1OCCN[C@@H]1C(=O)N1CCN(c2ccccn2)CC1. The Morgan fingerprint density at radius 3 is 2.81 bits per heavy atom. The van der Waals surface area contributed by atoms with Gasteiger partial charge in [-0.15, -0.1) is 0 Å². The average molecular weight is 290 g/mol. The molecule has 1 N–H and O–H groups in total. The molecule has 0 radical (unpaired) electrons. The third kappa shape index (κ3) is 3.16. The maximum atomic E-state index is 12.6. The molecule has 0 unspecified atom stereocenters. The predicted molar refractivity (Wildman–Crippen MR) is 80.2 cm³/mol. The van der Waals surface area contributed by atoms with Gasteiger partial charge in [0.1, 0.15) is 11.9 Å². The van der Waals surface area contributed by atoms with E-state index in [-0.39, 0.29) is 18.1 Å². The van der Waals surface area contributed by atoms with Crippen molar-refractivity contribution in [2.24, 2.45) is 0 Å². The first-order chi connectivity index (χ1) is 10.3. The lowest BCUT2D eigenvalue weighted by atomic mass is 10.1. The first kappa shape index (κ1) is 14.3. The van der Waals surface area contributed by atoms with Gasteiger partial charge in [-0.3, -0.25) is 4.79 Å². The Morgan fingerprint density at radius 1 is 1.33 bits per heavy atom. The summed E-state index contributed by atoms with van der Waals surface area (Å²) in [5, 5.41) is 3.27. The van der Waals surface area contributed by atoms with Crippen molar-refractivity contribution in [3.8, 4) is 0 Å². The van der Waals surface area contributed by atoms with Crippen molar-refractivity contribution in [2.75, 3.05) is 44.2 Å². The first-order valence-corrected chi connectivity index (χ1v) is 7.55. The molecule has 6 nitrogen and oxygen atoms in total. The molecule has 114 valence electrons. The van der Waals surface area contributed by atoms with Crippen LogP contribution in [-0.4, -0.2) is 67.3 Å². The molecular formula is C15H22N4O2. The number of amides is 1. The van der Waals surface area contributed by atoms with Crippen molar-refractivity contribution in [3.63, 3.8) is 0 Å². The van der Waals surface area contributed by atoms with Crippen LogP contribution in [0, 0.1) is 0 Å². The number of morpholine rings is 1. The van der Waals surface area contributed by atoms with Crippen molar-refractivity contribution in [3.05, 3.63) is 24.4 Å². The Kier molecular flexibility index (Phi) is 4.36. The Balaban J connectivity index is 1.57. The van der Waals surface area contributed by atoms with E-state index in [9.17, 15) is 4.79 Å². The fourth-order valence-electron chi connectivity index (χ4n) is 2.90. The average Bonchev–Trinajstić information content (AvgIpc) is 2.56. The van der Waals surface area contributed by atoms with Gasteiger partial charge in [-0.25, -0.2) is 4.98 Å². The Bertz CT molecular complexity index is 474. The lowest BCUT2D eigenvalue weighted by Crippen LogP contribution is -2.59. The minimum Gasteiger partial charge on any atom is -0.375 e. The molecule has 0 aromatic carbocycles. The van der Waals surface area contributed by atoms with Crippen LogP contribution in [0.3, 0.4) is 0 Å². The third-order valence-electron chi connectivity index (χ3n) is 4.15. The Morgan fingerprint density at radius 2 is 2.14 bits per heavy atom. The second-order valence-electron chi connectivity index (χ2n) is 5.51. The lowest BCUT2D eigenvalue weighted by molar-refractivity contribution is -0.139. The zero-order valence-electron chi connectivity index (χ0n) is 12.4. The van der Waals surface area contributed by atoms with Crippen LogP contribution in [0.5, 0.6) is 0 Å². The predicted octanol–water partition coefficient (Wildman–Crippen LogP) is 0.107. The molecule has 21 heavy (non-hydrogen) atoms. The molecule has 2 aliphatic rings. The highest BCUT2D eigenvalue weighted by Crippen LogP contribution is 2.14. The van der Waals surface area contributed by atoms with Crippen LogP contribution >= 0.6 is 0 Å². The molecule has 0 saturated carbocycles. The minimum absolute atomic E-state index is 0.0555. The molecule has 2 saturated heterocycles. The topological polar surface area (TPSA) is 57.7 Å². The van der Waals surface area contributed by atoms with E-state index in [0.717, 1.165) is 38.5 Å². The van der Waals surface area contributed by atoms with Gasteiger partial charge in [-0.1, -0.05) is 6.07 Å². The quantitative estimate of drug-likeness (QED) is 0.837. The van der Waals surface area contributed by atoms with Gasteiger partial charge in [-0.2, -0.15) is 0 Å². The van der Waals surface area contributed by atoms with Gasteiger partial charge >= 0.3 is 0 Å². The highest BCUT2D eigenvalue weighted by molar-refractivity contribution is 5.83. The highest BCUT2D eigenvalue weighted by atomic mass is 16.5. The lowest BCUT2D eigenvalue weighted by Gasteiger charge is -2.39. The van der Waals surface area contributed by atoms with Gasteiger partial charge in [0.05, 0.1) is 12.7 Å². The number of ether oxygens (including phenoxy) is 1. The number of rotatable bonds is 2. The Hall–Kier alpha value is -1.66. The minimum atomic E-state index is -0.208. The zero-order valence-corrected chi connectivity index (χ0v) is 12.4. The van der Waals surface area contributed by atoms with E-state index in [1.807, 2.05) is 30.0 Å². The summed E-state index contributed by atoms with van der Waals surface area (Å²) in [6.45, 7) is 6.50. The van der Waals surface area contributed by atoms with Gasteiger partial charge in [0.2, 0.25) is 5.91 Å². The summed E-state index contributed by atoms with van der Waals surface area (Å²) >= 11 is 0. The van der Waals surface area contributed by atoms with E-state index in [0.29, 0.717) is 6.61 Å². The van der Waals surface area contributed by atoms with E-state index < -0.39 is 0 Å². The van der Waals surface area contributed by atoms with Crippen LogP contribution in [0.1, 0.15) is 6.92 Å². The number of anilines is 1. The summed E-state index contributed by atoms with van der Waals surface area (Å²) in [7, 11) is 0. The van der Waals surface area contributed by atoms with Crippen LogP contribution in [0.25, 0.3) is 0 Å². The number of nitrogens with one attached hydrogen (secondary N) is 1. The van der Waals surface area contributed by atoms with Gasteiger partial charge in [0.15, 0.2) is 0 Å². The number of hydrogen-bond donors (Lipinski definition) is 1. The van der Waals surface area contributed by atoms with Crippen molar-refractivity contribution in [1.29, 1.82) is 0 Å². The molecule has 1 amide bonds. The first-order valence-electron chi connectivity index (χ1n) is 7.55. The molecule has 3 rings (SSSR count). The maximum absolute atomic E-state index is 12.6. The van der Waals surface area contributed by atoms with Crippen molar-refractivity contribution < 1.29 is 9.53 Å². The summed E-state index contributed by atoms with van der Waals surface area (Å²) in [4.78, 5) is 21.1. The fraction of sp³-hybridized carbons (Fsp3) is 0.600. The molecule has 0 aliphatic carbocycles. The van der Waals surface area contributed by atoms with E-state index in [2.05, 4.69) is 15.2 Å². The molecule has 0 bridgehead atoms. The molecule has 6 heteroatoms. The van der Waals surface area contributed by atoms with E-state index >= 15 is 0 Å². The van der Waals surface area contributed by atoms with E-state index in [1.54, 1.807) is 6.20 Å². The molecular weight excluding hydrogens is 268 g/mol. The summed E-state index contributed by atoms with van der Waals surface area (Å²) in [5.74, 6) is 1.14. The Labute approximate surface area is 125 Å². The van der Waals surface area contributed by atoms with Crippen LogP contribution in [0.4, 0.5) is 5.82 Å². The van der Waals surface area contributed by atoms with Gasteiger partial charge in [0, 0.05) is 38.9 Å². The van der Waals surface area contributed by atoms with Gasteiger partial charge < -0.3 is 19.9 Å². The summed E-state index contributed by atoms with van der Waals surface area (Å²) < 4.78 is 5.56. The molecule has 2 aliphatic heterocycles. The normalized spacial score (nSPS) is 26.7. The number of carbonyl (C=O) groups excluding carboxylic acids is 1. The van der Waals surface area contributed by atoms with Crippen LogP contribution in [0.15, 0.2) is 24.4 Å². The molecule has 3 heterocycles. The monoisotopic (exact) mass is 290 g/mol. The number of piperazine rings is 1. The molecule has 2 atom stereocenters. The smallest absolute Gasteiger partial charge is 0.242 e. The van der Waals surface area contributed by atoms with Crippen LogP contribution in [-0.2, 0) is 9.53 Å². The van der Waals surface area contributed by atoms with E-state index in [1.165, 1.54) is 0 Å². The number of carbonyl (C=O) groups is 1. The second-order valence-corrected chi connectivity index (χ2v) is 5.51. The van der Waals surface area contributed by atoms with Crippen molar-refractivity contribution >= 4 is 11.7 Å². The largest absolute Gasteiger partial charge is 0.375 e. The summed E-state index contributed by atoms with van der Waals surface area (Å²) in [6.07, 6.45) is 1.75. The second kappa shape index (κ2) is 6.41. The summed E-state index contributed by atoms with van der Waals surface area (Å²) in [6, 6.07) is 5.71. The third-order valence-corrected chi connectivity index (χ3v) is 4.15.